The van der Waals surface area contributed by atoms with Crippen LogP contribution in [0.15, 0.2) is 41.3 Å². The maximum atomic E-state index is 12.8. The maximum absolute atomic E-state index is 12.8. The zero-order valence-corrected chi connectivity index (χ0v) is 19.1. The van der Waals surface area contributed by atoms with Crippen LogP contribution in [0.3, 0.4) is 0 Å². The Kier molecular flexibility index (Phi) is 7.19. The lowest BCUT2D eigenvalue weighted by atomic mass is 10.1. The van der Waals surface area contributed by atoms with Crippen molar-refractivity contribution in [2.75, 3.05) is 13.7 Å². The van der Waals surface area contributed by atoms with Crippen molar-refractivity contribution in [2.45, 2.75) is 6.54 Å². The molecule has 2 aromatic carbocycles. The number of hydrogen-bond acceptors (Lipinski definition) is 7. The summed E-state index contributed by atoms with van der Waals surface area (Å²) in [5.74, 6) is 2.92. The van der Waals surface area contributed by atoms with Crippen LogP contribution in [0.5, 0.6) is 11.5 Å². The Morgan fingerprint density at radius 1 is 1.29 bits per heavy atom. The molecule has 0 spiro atoms. The van der Waals surface area contributed by atoms with Gasteiger partial charge in [-0.2, -0.15) is 0 Å². The van der Waals surface area contributed by atoms with E-state index >= 15 is 0 Å². The Morgan fingerprint density at radius 2 is 2.00 bits per heavy atom. The Hall–Kier alpha value is -3.04. The second kappa shape index (κ2) is 9.84. The number of nitro benzene ring substituents is 1. The van der Waals surface area contributed by atoms with E-state index in [1.54, 1.807) is 18.2 Å². The van der Waals surface area contributed by atoms with Crippen molar-refractivity contribution in [3.05, 3.63) is 66.1 Å². The standard InChI is InChI=1S/C21H15IN2O6S/c1-3-8-30-19-16(22)9-14(10-17(19)29-2)11-18-20(25)23(21(26)31-18)12-13-4-6-15(7-5-13)24(27)28/h1,4-7,9-11H,8,12H2,2H3/b18-11+. The number of thioether (sulfide) groups is 1. The van der Waals surface area contributed by atoms with Crippen LogP contribution in [-0.4, -0.2) is 34.7 Å². The predicted molar refractivity (Wildman–Crippen MR) is 125 cm³/mol. The fourth-order valence-corrected chi connectivity index (χ4v) is 4.39. The monoisotopic (exact) mass is 550 g/mol. The summed E-state index contributed by atoms with van der Waals surface area (Å²) in [7, 11) is 1.50. The first kappa shape index (κ1) is 22.6. The van der Waals surface area contributed by atoms with Crippen molar-refractivity contribution in [3.8, 4) is 23.8 Å². The SMILES string of the molecule is C#CCOc1c(I)cc(/C=C2/SC(=O)N(Cc3ccc([N+](=O)[O-])cc3)C2=O)cc1OC. The highest BCUT2D eigenvalue weighted by Gasteiger charge is 2.35. The van der Waals surface area contributed by atoms with E-state index in [4.69, 9.17) is 15.9 Å². The van der Waals surface area contributed by atoms with Crippen LogP contribution in [0.2, 0.25) is 0 Å². The van der Waals surface area contributed by atoms with Gasteiger partial charge in [0.25, 0.3) is 16.8 Å². The molecule has 8 nitrogen and oxygen atoms in total. The molecule has 0 bridgehead atoms. The van der Waals surface area contributed by atoms with Gasteiger partial charge in [-0.15, -0.1) is 6.42 Å². The molecule has 1 aliphatic rings. The van der Waals surface area contributed by atoms with Crippen molar-refractivity contribution < 1.29 is 24.0 Å². The number of methoxy groups -OCH3 is 1. The number of hydrogen-bond donors (Lipinski definition) is 0. The number of carbonyl (C=O) groups is 2. The molecule has 1 fully saturated rings. The Labute approximate surface area is 195 Å². The molecule has 3 rings (SSSR count). The highest BCUT2D eigenvalue weighted by Crippen LogP contribution is 2.37. The van der Waals surface area contributed by atoms with Gasteiger partial charge in [-0.3, -0.25) is 24.6 Å². The molecular formula is C21H15IN2O6S. The van der Waals surface area contributed by atoms with E-state index in [0.29, 0.717) is 22.6 Å². The third-order valence-corrected chi connectivity index (χ3v) is 5.92. The first-order valence-corrected chi connectivity index (χ1v) is 10.7. The van der Waals surface area contributed by atoms with Gasteiger partial charge in [0.05, 0.1) is 27.1 Å². The van der Waals surface area contributed by atoms with Crippen LogP contribution in [0, 0.1) is 26.0 Å². The molecule has 0 unspecified atom stereocenters. The van der Waals surface area contributed by atoms with E-state index in [0.717, 1.165) is 20.2 Å². The number of terminal acetylenes is 1. The fraction of sp³-hybridized carbons (Fsp3) is 0.143. The van der Waals surface area contributed by atoms with Crippen LogP contribution in [0.25, 0.3) is 6.08 Å². The minimum atomic E-state index is -0.509. The number of ether oxygens (including phenoxy) is 2. The summed E-state index contributed by atoms with van der Waals surface area (Å²) in [6.07, 6.45) is 6.85. The topological polar surface area (TPSA) is 99.0 Å². The van der Waals surface area contributed by atoms with Crippen molar-refractivity contribution in [3.63, 3.8) is 0 Å². The quantitative estimate of drug-likeness (QED) is 0.165. The summed E-state index contributed by atoms with van der Waals surface area (Å²) in [5.41, 5.74) is 1.21. The van der Waals surface area contributed by atoms with Crippen molar-refractivity contribution in [2.24, 2.45) is 0 Å². The predicted octanol–water partition coefficient (Wildman–Crippen LogP) is 4.46. The lowest BCUT2D eigenvalue weighted by Crippen LogP contribution is -2.27. The third-order valence-electron chi connectivity index (χ3n) is 4.21. The summed E-state index contributed by atoms with van der Waals surface area (Å²) in [5, 5.41) is 10.4. The highest BCUT2D eigenvalue weighted by atomic mass is 127. The molecule has 1 heterocycles. The fourth-order valence-electron chi connectivity index (χ4n) is 2.77. The summed E-state index contributed by atoms with van der Waals surface area (Å²) < 4.78 is 11.6. The number of nitrogens with zero attached hydrogens (tertiary/aromatic N) is 2. The summed E-state index contributed by atoms with van der Waals surface area (Å²) in [6.45, 7) is 0.118. The number of benzene rings is 2. The number of carbonyl (C=O) groups excluding carboxylic acids is 2. The third kappa shape index (κ3) is 5.18. The van der Waals surface area contributed by atoms with Gasteiger partial charge in [-0.25, -0.2) is 0 Å². The van der Waals surface area contributed by atoms with Gasteiger partial charge in [0.15, 0.2) is 11.5 Å². The smallest absolute Gasteiger partial charge is 0.293 e. The number of imide groups is 1. The second-order valence-corrected chi connectivity index (χ2v) is 8.37. The minimum absolute atomic E-state index is 0.0275. The van der Waals surface area contributed by atoms with E-state index in [2.05, 4.69) is 28.5 Å². The Balaban J connectivity index is 1.82. The van der Waals surface area contributed by atoms with Gasteiger partial charge in [-0.05, 0) is 63.7 Å². The van der Waals surface area contributed by atoms with Crippen LogP contribution in [0.1, 0.15) is 11.1 Å². The van der Waals surface area contributed by atoms with Crippen molar-refractivity contribution in [1.29, 1.82) is 0 Å². The number of non-ortho nitro benzene ring substituents is 1. The molecule has 2 aromatic rings. The molecule has 10 heteroatoms. The van der Waals surface area contributed by atoms with Gasteiger partial charge in [0, 0.05) is 12.1 Å². The zero-order valence-electron chi connectivity index (χ0n) is 16.2. The average Bonchev–Trinajstić information content (AvgIpc) is 3.00. The molecule has 2 amide bonds. The lowest BCUT2D eigenvalue weighted by Gasteiger charge is -2.13. The van der Waals surface area contributed by atoms with Crippen LogP contribution in [0.4, 0.5) is 10.5 Å². The summed E-state index contributed by atoms with van der Waals surface area (Å²) in [4.78, 5) is 36.8. The van der Waals surface area contributed by atoms with Gasteiger partial charge in [0.1, 0.15) is 6.61 Å². The van der Waals surface area contributed by atoms with Crippen LogP contribution >= 0.6 is 34.4 Å². The number of amides is 2. The molecule has 0 atom stereocenters. The molecule has 0 N–H and O–H groups in total. The maximum Gasteiger partial charge on any atom is 0.293 e. The first-order chi connectivity index (χ1) is 14.8. The minimum Gasteiger partial charge on any atom is -0.493 e. The average molecular weight is 550 g/mol. The van der Waals surface area contributed by atoms with E-state index < -0.39 is 16.1 Å². The molecular weight excluding hydrogens is 535 g/mol. The number of nitro groups is 1. The van der Waals surface area contributed by atoms with Crippen molar-refractivity contribution >= 4 is 57.3 Å². The van der Waals surface area contributed by atoms with Gasteiger partial charge < -0.3 is 9.47 Å². The molecule has 0 radical (unpaired) electrons. The van der Waals surface area contributed by atoms with E-state index in [1.165, 1.54) is 31.4 Å². The van der Waals surface area contributed by atoms with Gasteiger partial charge in [0.2, 0.25) is 0 Å². The van der Waals surface area contributed by atoms with E-state index in [1.807, 2.05) is 0 Å². The molecule has 1 saturated heterocycles. The molecule has 158 valence electrons. The summed E-state index contributed by atoms with van der Waals surface area (Å²) in [6, 6.07) is 9.20. The largest absolute Gasteiger partial charge is 0.493 e. The van der Waals surface area contributed by atoms with E-state index in [9.17, 15) is 19.7 Å². The van der Waals surface area contributed by atoms with Crippen LogP contribution < -0.4 is 9.47 Å². The summed E-state index contributed by atoms with van der Waals surface area (Å²) >= 11 is 2.91. The van der Waals surface area contributed by atoms with Crippen LogP contribution in [-0.2, 0) is 11.3 Å². The normalized spacial score (nSPS) is 14.6. The molecule has 0 aromatic heterocycles. The zero-order chi connectivity index (χ0) is 22.5. The molecule has 0 saturated carbocycles. The van der Waals surface area contributed by atoms with Crippen molar-refractivity contribution in [1.82, 2.24) is 4.90 Å². The number of rotatable bonds is 7. The number of halogens is 1. The van der Waals surface area contributed by atoms with E-state index in [-0.39, 0.29) is 23.7 Å². The molecule has 0 aliphatic carbocycles. The Bertz CT molecular complexity index is 1120. The first-order valence-electron chi connectivity index (χ1n) is 8.76. The molecule has 31 heavy (non-hydrogen) atoms. The second-order valence-electron chi connectivity index (χ2n) is 6.22. The lowest BCUT2D eigenvalue weighted by molar-refractivity contribution is -0.384. The molecule has 1 aliphatic heterocycles. The van der Waals surface area contributed by atoms with Gasteiger partial charge >= 0.3 is 0 Å². The Morgan fingerprint density at radius 3 is 2.61 bits per heavy atom. The van der Waals surface area contributed by atoms with Gasteiger partial charge in [-0.1, -0.05) is 18.1 Å². The highest BCUT2D eigenvalue weighted by molar-refractivity contribution is 14.1.